The number of hydrogen-bond acceptors (Lipinski definition) is 3. The van der Waals surface area contributed by atoms with E-state index in [4.69, 9.17) is 0 Å². The molecular formula is C20H23F2IN4O. The Labute approximate surface area is 176 Å². The topological polar surface area (TPSA) is 59.8 Å². The highest BCUT2D eigenvalue weighted by atomic mass is 127. The first-order chi connectivity index (χ1) is 13.1. The lowest BCUT2D eigenvalue weighted by Gasteiger charge is -2.24. The van der Waals surface area contributed by atoms with Crippen LogP contribution in [0.15, 0.2) is 30.0 Å². The summed E-state index contributed by atoms with van der Waals surface area (Å²) in [6.45, 7) is 6.42. The highest BCUT2D eigenvalue weighted by Gasteiger charge is 2.29. The van der Waals surface area contributed by atoms with Crippen LogP contribution in [0.1, 0.15) is 52.3 Å². The number of carbonyl (C=O) groups is 1. The molecule has 8 heteroatoms. The first-order valence-electron chi connectivity index (χ1n) is 9.17. The molecule has 2 heterocycles. The third kappa shape index (κ3) is 4.95. The first-order valence-corrected chi connectivity index (χ1v) is 10.2. The Bertz CT molecular complexity index is 917. The van der Waals surface area contributed by atoms with Crippen LogP contribution in [-0.2, 0) is 10.5 Å². The van der Waals surface area contributed by atoms with Gasteiger partial charge in [0.05, 0.1) is 23.4 Å². The number of pyridine rings is 1. The molecule has 0 fully saturated rings. The van der Waals surface area contributed by atoms with Gasteiger partial charge in [0.25, 0.3) is 5.91 Å². The molecule has 150 valence electrons. The van der Waals surface area contributed by atoms with Gasteiger partial charge in [-0.25, -0.2) is 0 Å². The number of carbonyl (C=O) groups excluding carboxylic acids is 1. The molecule has 2 aromatic rings. The molecule has 1 aliphatic carbocycles. The van der Waals surface area contributed by atoms with Crippen LogP contribution in [0.2, 0.25) is 0 Å². The lowest BCUT2D eigenvalue weighted by molar-refractivity contribution is 0.0932. The Balaban J connectivity index is 1.63. The fraction of sp³-hybridized carbons (Fsp3) is 0.450. The molecule has 1 N–H and O–H groups in total. The van der Waals surface area contributed by atoms with Crippen LogP contribution >= 0.6 is 22.6 Å². The molecule has 2 aromatic heterocycles. The molecule has 28 heavy (non-hydrogen) atoms. The van der Waals surface area contributed by atoms with Gasteiger partial charge in [-0.1, -0.05) is 11.6 Å². The normalized spacial score (nSPS) is 17.4. The Morgan fingerprint density at radius 3 is 2.68 bits per heavy atom. The summed E-state index contributed by atoms with van der Waals surface area (Å²) in [5.41, 5.74) is 3.80. The van der Waals surface area contributed by atoms with Gasteiger partial charge in [0.1, 0.15) is 0 Å². The fourth-order valence-electron chi connectivity index (χ4n) is 3.37. The van der Waals surface area contributed by atoms with E-state index in [0.717, 1.165) is 66.0 Å². The third-order valence-electron chi connectivity index (χ3n) is 4.96. The van der Waals surface area contributed by atoms with Crippen molar-refractivity contribution < 1.29 is 13.6 Å². The lowest BCUT2D eigenvalue weighted by atomic mass is 9.94. The first kappa shape index (κ1) is 20.9. The number of nitrogens with one attached hydrogen (secondary N) is 1. The van der Waals surface area contributed by atoms with Gasteiger partial charge in [0.2, 0.25) is 0 Å². The highest BCUT2D eigenvalue weighted by molar-refractivity contribution is 14.1. The van der Waals surface area contributed by atoms with Crippen LogP contribution in [0.5, 0.6) is 0 Å². The predicted octanol–water partition coefficient (Wildman–Crippen LogP) is 4.60. The van der Waals surface area contributed by atoms with Gasteiger partial charge in [-0.3, -0.25) is 14.5 Å². The number of aromatic nitrogens is 3. The molecule has 5 nitrogen and oxygen atoms in total. The van der Waals surface area contributed by atoms with Gasteiger partial charge in [-0.15, -0.1) is 0 Å². The standard InChI is InChI=1S/C20H23F2IN4O/c1-12-8-13(2)27(26-12)11-15-4-6-17(7-5-15)25-19(28)18-9-16(20(21,22)23)10-24-14(18)3/h4,8-10,17H,5-7,11H2,1-3H3,(H,25,28)/t17-/m0/s1. The van der Waals surface area contributed by atoms with Crippen LogP contribution in [0.3, 0.4) is 0 Å². The molecule has 0 spiro atoms. The maximum atomic E-state index is 13.5. The number of rotatable bonds is 5. The van der Waals surface area contributed by atoms with E-state index in [1.165, 1.54) is 11.6 Å². The Morgan fingerprint density at radius 1 is 1.36 bits per heavy atom. The Hall–Kier alpha value is -1.84. The average molecular weight is 500 g/mol. The zero-order chi connectivity index (χ0) is 20.5. The summed E-state index contributed by atoms with van der Waals surface area (Å²) in [5.74, 6) is -0.354. The van der Waals surface area contributed by atoms with Crippen LogP contribution in [-0.4, -0.2) is 26.7 Å². The summed E-state index contributed by atoms with van der Waals surface area (Å²) >= 11 is 1.04. The van der Waals surface area contributed by atoms with E-state index in [-0.39, 0.29) is 23.1 Å². The molecule has 0 saturated carbocycles. The fourth-order valence-corrected chi connectivity index (χ4v) is 3.67. The third-order valence-corrected chi connectivity index (χ3v) is 5.58. The number of hydrogen-bond donors (Lipinski definition) is 1. The van der Waals surface area contributed by atoms with Gasteiger partial charge in [-0.2, -0.15) is 13.9 Å². The second-order valence-corrected chi connectivity index (χ2v) is 8.60. The van der Waals surface area contributed by atoms with Crippen LogP contribution in [0, 0.1) is 20.8 Å². The largest absolute Gasteiger partial charge is 0.349 e. The summed E-state index contributed by atoms with van der Waals surface area (Å²) in [6, 6.07) is 3.27. The molecule has 0 aromatic carbocycles. The van der Waals surface area contributed by atoms with Crippen molar-refractivity contribution in [2.45, 2.75) is 56.5 Å². The molecule has 1 atom stereocenters. The molecular weight excluding hydrogens is 477 g/mol. The van der Waals surface area contributed by atoms with Gasteiger partial charge in [0, 0.05) is 46.2 Å². The summed E-state index contributed by atoms with van der Waals surface area (Å²) < 4.78 is 26.0. The van der Waals surface area contributed by atoms with Crippen LogP contribution in [0.4, 0.5) is 8.78 Å². The van der Waals surface area contributed by atoms with Gasteiger partial charge in [0.15, 0.2) is 0 Å². The molecule has 1 amide bonds. The number of halogens is 3. The van der Waals surface area contributed by atoms with Crippen molar-refractivity contribution >= 4 is 28.5 Å². The summed E-state index contributed by atoms with van der Waals surface area (Å²) in [4.78, 5) is 16.6. The van der Waals surface area contributed by atoms with Gasteiger partial charge < -0.3 is 5.32 Å². The van der Waals surface area contributed by atoms with Crippen molar-refractivity contribution in [1.82, 2.24) is 20.1 Å². The average Bonchev–Trinajstić information content (AvgIpc) is 2.93. The molecule has 0 saturated heterocycles. The van der Waals surface area contributed by atoms with E-state index < -0.39 is 3.93 Å². The predicted molar refractivity (Wildman–Crippen MR) is 112 cm³/mol. The minimum atomic E-state index is -3.06. The molecule has 0 bridgehead atoms. The monoisotopic (exact) mass is 500 g/mol. The smallest absolute Gasteiger partial charge is 0.323 e. The number of nitrogens with zero attached hydrogens (tertiary/aromatic N) is 3. The maximum absolute atomic E-state index is 13.5. The highest BCUT2D eigenvalue weighted by Crippen LogP contribution is 2.35. The summed E-state index contributed by atoms with van der Waals surface area (Å²) in [7, 11) is 0. The van der Waals surface area contributed by atoms with E-state index in [9.17, 15) is 13.6 Å². The summed E-state index contributed by atoms with van der Waals surface area (Å²) in [5, 5.41) is 7.45. The Kier molecular flexibility index (Phi) is 6.16. The van der Waals surface area contributed by atoms with E-state index in [1.807, 2.05) is 18.5 Å². The quantitative estimate of drug-likeness (QED) is 0.371. The number of alkyl halides is 3. The van der Waals surface area contributed by atoms with Crippen molar-refractivity contribution in [1.29, 1.82) is 0 Å². The SMILES string of the molecule is Cc1cc(C)n(CC2=CC[C@H](NC(=O)c3cc(C(F)(F)I)cnc3C)CC2)n1. The van der Waals surface area contributed by atoms with E-state index >= 15 is 0 Å². The maximum Gasteiger partial charge on any atom is 0.323 e. The minimum Gasteiger partial charge on any atom is -0.349 e. The molecule has 1 aliphatic rings. The number of aryl methyl sites for hydroxylation is 3. The minimum absolute atomic E-state index is 0.0140. The molecule has 0 unspecified atom stereocenters. The van der Waals surface area contributed by atoms with Crippen molar-refractivity contribution in [3.8, 4) is 0 Å². The van der Waals surface area contributed by atoms with E-state index in [0.29, 0.717) is 5.69 Å². The second-order valence-electron chi connectivity index (χ2n) is 7.25. The lowest BCUT2D eigenvalue weighted by Crippen LogP contribution is -2.36. The second kappa shape index (κ2) is 8.26. The van der Waals surface area contributed by atoms with E-state index in [2.05, 4.69) is 27.5 Å². The van der Waals surface area contributed by atoms with Crippen molar-refractivity contribution in [3.05, 3.63) is 58.2 Å². The zero-order valence-electron chi connectivity index (χ0n) is 16.1. The zero-order valence-corrected chi connectivity index (χ0v) is 18.3. The molecule has 0 aliphatic heterocycles. The van der Waals surface area contributed by atoms with Gasteiger partial charge in [-0.05, 0) is 52.2 Å². The number of amides is 1. The Morgan fingerprint density at radius 2 is 2.11 bits per heavy atom. The van der Waals surface area contributed by atoms with Crippen molar-refractivity contribution in [3.63, 3.8) is 0 Å². The molecule has 0 radical (unpaired) electrons. The van der Waals surface area contributed by atoms with Crippen molar-refractivity contribution in [2.24, 2.45) is 0 Å². The van der Waals surface area contributed by atoms with Crippen LogP contribution < -0.4 is 5.32 Å². The van der Waals surface area contributed by atoms with Crippen LogP contribution in [0.25, 0.3) is 0 Å². The molecule has 3 rings (SSSR count). The van der Waals surface area contributed by atoms with Gasteiger partial charge >= 0.3 is 3.93 Å². The number of allylic oxidation sites excluding steroid dienone is 1. The van der Waals surface area contributed by atoms with E-state index in [1.54, 1.807) is 6.92 Å². The summed E-state index contributed by atoms with van der Waals surface area (Å²) in [6.07, 6.45) is 5.66. The van der Waals surface area contributed by atoms with Crippen molar-refractivity contribution in [2.75, 3.05) is 0 Å².